The van der Waals surface area contributed by atoms with Crippen LogP contribution in [0.25, 0.3) is 0 Å². The lowest BCUT2D eigenvalue weighted by atomic mass is 10.4. The normalized spacial score (nSPS) is 20.5. The van der Waals surface area contributed by atoms with Gasteiger partial charge in [0.25, 0.3) is 0 Å². The summed E-state index contributed by atoms with van der Waals surface area (Å²) in [7, 11) is -1.09. The minimum atomic E-state index is -1.33. The van der Waals surface area contributed by atoms with Crippen molar-refractivity contribution in [3.63, 3.8) is 0 Å². The molecular weight excluding hydrogens is 174 g/mol. The molecule has 0 atom stereocenters. The number of carbonyl (C=O) groups is 1. The average Bonchev–Trinajstić information content (AvgIpc) is 1.85. The first kappa shape index (κ1) is 11.4. The van der Waals surface area contributed by atoms with Gasteiger partial charge in [-0.3, -0.25) is 0 Å². The smallest absolute Gasteiger partial charge is 0.402 e. The SMILES string of the molecule is C[Si]1(C)CCCCO1.NC(=O)O. The predicted octanol–water partition coefficient (Wildman–Crippen LogP) is 1.63. The summed E-state index contributed by atoms with van der Waals surface area (Å²) in [5.74, 6) is 0. The lowest BCUT2D eigenvalue weighted by Gasteiger charge is -2.27. The topological polar surface area (TPSA) is 72.5 Å². The van der Waals surface area contributed by atoms with Crippen LogP contribution in [0.15, 0.2) is 0 Å². The van der Waals surface area contributed by atoms with E-state index in [4.69, 9.17) is 14.3 Å². The van der Waals surface area contributed by atoms with Crippen molar-refractivity contribution in [2.24, 2.45) is 5.73 Å². The summed E-state index contributed by atoms with van der Waals surface area (Å²) >= 11 is 0. The van der Waals surface area contributed by atoms with Gasteiger partial charge in [-0.2, -0.15) is 0 Å². The van der Waals surface area contributed by atoms with Crippen LogP contribution in [0.2, 0.25) is 19.1 Å². The number of hydrogen-bond acceptors (Lipinski definition) is 2. The van der Waals surface area contributed by atoms with Gasteiger partial charge in [-0.25, -0.2) is 4.79 Å². The lowest BCUT2D eigenvalue weighted by molar-refractivity contribution is 0.205. The minimum absolute atomic E-state index is 1.03. The monoisotopic (exact) mass is 191 g/mol. The Bertz CT molecular complexity index is 138. The van der Waals surface area contributed by atoms with Crippen LogP contribution in [0, 0.1) is 0 Å². The Balaban J connectivity index is 0.000000261. The maximum absolute atomic E-state index is 8.78. The zero-order valence-electron chi connectivity index (χ0n) is 7.67. The van der Waals surface area contributed by atoms with Gasteiger partial charge in [0.05, 0.1) is 0 Å². The largest absolute Gasteiger partial charge is 0.465 e. The second-order valence-corrected chi connectivity index (χ2v) is 7.71. The molecule has 0 aromatic rings. The molecule has 0 bridgehead atoms. The van der Waals surface area contributed by atoms with E-state index >= 15 is 0 Å². The minimum Gasteiger partial charge on any atom is -0.465 e. The second kappa shape index (κ2) is 5.16. The summed E-state index contributed by atoms with van der Waals surface area (Å²) in [5, 5.41) is 7.19. The highest BCUT2D eigenvalue weighted by atomic mass is 28.4. The first-order chi connectivity index (χ1) is 5.44. The summed E-state index contributed by atoms with van der Waals surface area (Å²) in [6.45, 7) is 5.62. The third-order valence-corrected chi connectivity index (χ3v) is 4.21. The highest BCUT2D eigenvalue weighted by Gasteiger charge is 2.24. The number of nitrogens with two attached hydrogens (primary N) is 1. The van der Waals surface area contributed by atoms with Crippen LogP contribution < -0.4 is 5.73 Å². The Morgan fingerprint density at radius 1 is 1.50 bits per heavy atom. The quantitative estimate of drug-likeness (QED) is 0.571. The van der Waals surface area contributed by atoms with Gasteiger partial charge in [-0.05, 0) is 25.6 Å². The summed E-state index contributed by atoms with van der Waals surface area (Å²) in [5.41, 5.74) is 4.03. The van der Waals surface area contributed by atoms with E-state index in [1.165, 1.54) is 18.9 Å². The van der Waals surface area contributed by atoms with Crippen LogP contribution in [0.1, 0.15) is 12.8 Å². The molecule has 0 radical (unpaired) electrons. The van der Waals surface area contributed by atoms with Gasteiger partial charge in [0.15, 0.2) is 8.32 Å². The van der Waals surface area contributed by atoms with Gasteiger partial charge in [-0.1, -0.05) is 6.42 Å². The molecule has 12 heavy (non-hydrogen) atoms. The maximum atomic E-state index is 8.78. The molecule has 1 aliphatic heterocycles. The molecule has 3 N–H and O–H groups in total. The van der Waals surface area contributed by atoms with Crippen LogP contribution in [-0.2, 0) is 4.43 Å². The Labute approximate surface area is 73.8 Å². The van der Waals surface area contributed by atoms with Gasteiger partial charge in [0.1, 0.15) is 0 Å². The van der Waals surface area contributed by atoms with Crippen molar-refractivity contribution in [1.29, 1.82) is 0 Å². The number of primary amides is 1. The van der Waals surface area contributed by atoms with Crippen molar-refractivity contribution in [3.05, 3.63) is 0 Å². The summed E-state index contributed by atoms with van der Waals surface area (Å²) < 4.78 is 5.60. The van der Waals surface area contributed by atoms with Crippen molar-refractivity contribution < 1.29 is 14.3 Å². The van der Waals surface area contributed by atoms with E-state index < -0.39 is 14.4 Å². The van der Waals surface area contributed by atoms with E-state index in [0.29, 0.717) is 0 Å². The standard InChI is InChI=1S/C6H14OSi.CH3NO2/c1-8(2)6-4-3-5-7-8;2-1(3)4/h3-6H2,1-2H3;2H2,(H,3,4). The van der Waals surface area contributed by atoms with Crippen LogP contribution in [0.4, 0.5) is 4.79 Å². The fourth-order valence-corrected chi connectivity index (χ4v) is 3.02. The molecule has 1 saturated heterocycles. The molecule has 0 aromatic heterocycles. The van der Waals surface area contributed by atoms with Crippen molar-refractivity contribution in [3.8, 4) is 0 Å². The van der Waals surface area contributed by atoms with Gasteiger partial charge in [0, 0.05) is 6.61 Å². The highest BCUT2D eigenvalue weighted by Crippen LogP contribution is 2.20. The molecule has 72 valence electrons. The molecule has 0 aromatic carbocycles. The van der Waals surface area contributed by atoms with Crippen molar-refractivity contribution >= 4 is 14.4 Å². The van der Waals surface area contributed by atoms with Crippen LogP contribution in [0.5, 0.6) is 0 Å². The van der Waals surface area contributed by atoms with E-state index in [1.807, 2.05) is 0 Å². The Morgan fingerprint density at radius 3 is 2.17 bits per heavy atom. The zero-order chi connectivity index (χ0) is 9.61. The molecule has 0 unspecified atom stereocenters. The van der Waals surface area contributed by atoms with Crippen LogP contribution in [0.3, 0.4) is 0 Å². The molecule has 1 heterocycles. The van der Waals surface area contributed by atoms with Gasteiger partial charge in [0.2, 0.25) is 0 Å². The second-order valence-electron chi connectivity index (χ2n) is 3.40. The fraction of sp³-hybridized carbons (Fsp3) is 0.857. The van der Waals surface area contributed by atoms with Crippen molar-refractivity contribution in [1.82, 2.24) is 0 Å². The van der Waals surface area contributed by atoms with Crippen LogP contribution >= 0.6 is 0 Å². The molecule has 0 saturated carbocycles. The van der Waals surface area contributed by atoms with Gasteiger partial charge in [-0.15, -0.1) is 0 Å². The molecular formula is C7H17NO3Si. The predicted molar refractivity (Wildman–Crippen MR) is 49.7 cm³/mol. The van der Waals surface area contributed by atoms with Gasteiger partial charge < -0.3 is 15.3 Å². The van der Waals surface area contributed by atoms with Crippen LogP contribution in [-0.4, -0.2) is 26.1 Å². The molecule has 4 nitrogen and oxygen atoms in total. The van der Waals surface area contributed by atoms with Crippen molar-refractivity contribution in [2.75, 3.05) is 6.61 Å². The summed E-state index contributed by atoms with van der Waals surface area (Å²) in [4.78, 5) is 8.78. The highest BCUT2D eigenvalue weighted by molar-refractivity contribution is 6.71. The molecule has 0 spiro atoms. The van der Waals surface area contributed by atoms with E-state index in [9.17, 15) is 0 Å². The van der Waals surface area contributed by atoms with Gasteiger partial charge >= 0.3 is 6.09 Å². The maximum Gasteiger partial charge on any atom is 0.402 e. The summed E-state index contributed by atoms with van der Waals surface area (Å²) in [6.07, 6.45) is 1.36. The Hall–Kier alpha value is -0.553. The Kier molecular flexibility index (Phi) is 4.92. The fourth-order valence-electron chi connectivity index (χ4n) is 1.07. The Morgan fingerprint density at radius 2 is 2.00 bits per heavy atom. The number of hydrogen-bond donors (Lipinski definition) is 2. The first-order valence-electron chi connectivity index (χ1n) is 4.06. The molecule has 1 fully saturated rings. The van der Waals surface area contributed by atoms with E-state index in [0.717, 1.165) is 6.61 Å². The average molecular weight is 191 g/mol. The number of carboxylic acid groups (broad SMARTS) is 1. The lowest BCUT2D eigenvalue weighted by Crippen LogP contribution is -2.33. The molecule has 0 aliphatic carbocycles. The third-order valence-electron chi connectivity index (χ3n) is 1.67. The molecule has 1 amide bonds. The summed E-state index contributed by atoms with van der Waals surface area (Å²) in [6, 6.07) is 1.37. The zero-order valence-corrected chi connectivity index (χ0v) is 8.67. The number of amides is 1. The van der Waals surface area contributed by atoms with Crippen molar-refractivity contribution in [2.45, 2.75) is 32.0 Å². The first-order valence-corrected chi connectivity index (χ1v) is 7.18. The molecule has 1 rings (SSSR count). The molecule has 5 heteroatoms. The molecule has 1 aliphatic rings. The number of rotatable bonds is 0. The van der Waals surface area contributed by atoms with E-state index in [-0.39, 0.29) is 0 Å². The van der Waals surface area contributed by atoms with E-state index in [1.54, 1.807) is 0 Å². The van der Waals surface area contributed by atoms with E-state index in [2.05, 4.69) is 18.8 Å². The third kappa shape index (κ3) is 7.55.